The lowest BCUT2D eigenvalue weighted by molar-refractivity contribution is 0.318. The average molecular weight is 235 g/mol. The zero-order valence-corrected chi connectivity index (χ0v) is 10.9. The second kappa shape index (κ2) is 4.96. The Morgan fingerprint density at radius 2 is 2.06 bits per heavy atom. The zero-order chi connectivity index (χ0) is 12.3. The molecule has 0 bridgehead atoms. The van der Waals surface area contributed by atoms with Crippen LogP contribution in [0.3, 0.4) is 0 Å². The summed E-state index contributed by atoms with van der Waals surface area (Å²) in [5.41, 5.74) is 1.38. The molecule has 1 aromatic carbocycles. The molecule has 1 aliphatic rings. The second-order valence-corrected chi connectivity index (χ2v) is 4.91. The van der Waals surface area contributed by atoms with Crippen LogP contribution < -0.4 is 14.8 Å². The summed E-state index contributed by atoms with van der Waals surface area (Å²) < 4.78 is 10.8. The van der Waals surface area contributed by atoms with E-state index in [1.54, 1.807) is 14.2 Å². The largest absolute Gasteiger partial charge is 0.497 e. The maximum atomic E-state index is 5.48. The van der Waals surface area contributed by atoms with Gasteiger partial charge in [-0.1, -0.05) is 6.92 Å². The van der Waals surface area contributed by atoms with Crippen LogP contribution in [0.5, 0.6) is 11.5 Å². The molecule has 3 heteroatoms. The molecule has 1 aromatic rings. The Kier molecular flexibility index (Phi) is 3.57. The molecule has 0 saturated carbocycles. The third-order valence-corrected chi connectivity index (χ3v) is 3.65. The average Bonchev–Trinajstić information content (AvgIpc) is 2.39. The van der Waals surface area contributed by atoms with Crippen LogP contribution in [0, 0.1) is 0 Å². The number of ether oxygens (including phenoxy) is 2. The third-order valence-electron chi connectivity index (χ3n) is 3.65. The number of methoxy groups -OCH3 is 2. The first-order valence-electron chi connectivity index (χ1n) is 6.13. The van der Waals surface area contributed by atoms with E-state index in [4.69, 9.17) is 9.47 Å². The minimum absolute atomic E-state index is 0.137. The highest BCUT2D eigenvalue weighted by Crippen LogP contribution is 2.38. The van der Waals surface area contributed by atoms with Gasteiger partial charge in [0, 0.05) is 17.5 Å². The summed E-state index contributed by atoms with van der Waals surface area (Å²) in [7, 11) is 3.43. The maximum Gasteiger partial charge on any atom is 0.122 e. The molecule has 2 rings (SSSR count). The van der Waals surface area contributed by atoms with Crippen molar-refractivity contribution in [2.75, 3.05) is 27.3 Å². The highest BCUT2D eigenvalue weighted by Gasteiger charge is 2.31. The molecule has 1 atom stereocenters. The summed E-state index contributed by atoms with van der Waals surface area (Å²) >= 11 is 0. The topological polar surface area (TPSA) is 30.5 Å². The fraction of sp³-hybridized carbons (Fsp3) is 0.571. The highest BCUT2D eigenvalue weighted by molar-refractivity contribution is 5.45. The number of hydrogen-bond acceptors (Lipinski definition) is 3. The van der Waals surface area contributed by atoms with Gasteiger partial charge >= 0.3 is 0 Å². The minimum Gasteiger partial charge on any atom is -0.497 e. The first kappa shape index (κ1) is 12.2. The minimum atomic E-state index is 0.137. The molecular weight excluding hydrogens is 214 g/mol. The van der Waals surface area contributed by atoms with Crippen molar-refractivity contribution in [3.8, 4) is 11.5 Å². The van der Waals surface area contributed by atoms with Crippen molar-refractivity contribution < 1.29 is 9.47 Å². The number of rotatable bonds is 3. The van der Waals surface area contributed by atoms with Gasteiger partial charge in [0.1, 0.15) is 11.5 Å². The van der Waals surface area contributed by atoms with Crippen LogP contribution in [0.15, 0.2) is 18.2 Å². The predicted molar refractivity (Wildman–Crippen MR) is 69.0 cm³/mol. The van der Waals surface area contributed by atoms with Crippen molar-refractivity contribution in [3.63, 3.8) is 0 Å². The van der Waals surface area contributed by atoms with E-state index >= 15 is 0 Å². The number of hydrogen-bond donors (Lipinski definition) is 1. The van der Waals surface area contributed by atoms with Crippen LogP contribution >= 0.6 is 0 Å². The number of benzene rings is 1. The van der Waals surface area contributed by atoms with Crippen LogP contribution in [0.1, 0.15) is 25.3 Å². The number of nitrogens with one attached hydrogen (secondary N) is 1. The second-order valence-electron chi connectivity index (χ2n) is 4.91. The Hall–Kier alpha value is -1.22. The molecule has 0 amide bonds. The summed E-state index contributed by atoms with van der Waals surface area (Å²) in [6.45, 7) is 4.40. The van der Waals surface area contributed by atoms with E-state index in [0.717, 1.165) is 24.6 Å². The molecule has 1 aliphatic heterocycles. The smallest absolute Gasteiger partial charge is 0.122 e. The van der Waals surface area contributed by atoms with Gasteiger partial charge in [-0.3, -0.25) is 0 Å². The number of piperidine rings is 1. The van der Waals surface area contributed by atoms with Crippen LogP contribution in [-0.4, -0.2) is 27.3 Å². The van der Waals surface area contributed by atoms with Crippen LogP contribution in [0.4, 0.5) is 0 Å². The first-order chi connectivity index (χ1) is 8.19. The molecule has 17 heavy (non-hydrogen) atoms. The van der Waals surface area contributed by atoms with Gasteiger partial charge in [-0.15, -0.1) is 0 Å². The van der Waals surface area contributed by atoms with Crippen molar-refractivity contribution in [1.82, 2.24) is 5.32 Å². The van der Waals surface area contributed by atoms with E-state index in [-0.39, 0.29) is 5.41 Å². The molecule has 1 unspecified atom stereocenters. The van der Waals surface area contributed by atoms with E-state index in [9.17, 15) is 0 Å². The molecule has 1 heterocycles. The summed E-state index contributed by atoms with van der Waals surface area (Å²) in [5.74, 6) is 1.85. The molecule has 94 valence electrons. The first-order valence-corrected chi connectivity index (χ1v) is 6.13. The fourth-order valence-electron chi connectivity index (χ4n) is 2.57. The maximum absolute atomic E-state index is 5.48. The van der Waals surface area contributed by atoms with Gasteiger partial charge in [-0.25, -0.2) is 0 Å². The van der Waals surface area contributed by atoms with E-state index < -0.39 is 0 Å². The monoisotopic (exact) mass is 235 g/mol. The van der Waals surface area contributed by atoms with Gasteiger partial charge in [0.2, 0.25) is 0 Å². The quantitative estimate of drug-likeness (QED) is 0.872. The lowest BCUT2D eigenvalue weighted by Gasteiger charge is -2.35. The molecule has 0 radical (unpaired) electrons. The summed E-state index contributed by atoms with van der Waals surface area (Å²) in [6.07, 6.45) is 2.39. The molecule has 0 spiro atoms. The molecule has 1 N–H and O–H groups in total. The van der Waals surface area contributed by atoms with Gasteiger partial charge < -0.3 is 14.8 Å². The van der Waals surface area contributed by atoms with Crippen molar-refractivity contribution >= 4 is 0 Å². The summed E-state index contributed by atoms with van der Waals surface area (Å²) in [4.78, 5) is 0. The SMILES string of the molecule is COc1ccc(OC)c(C2(C)CCCNC2)c1. The standard InChI is InChI=1S/C14H21NO2/c1-14(7-4-8-15-10-14)12-9-11(16-2)5-6-13(12)17-3/h5-6,9,15H,4,7-8,10H2,1-3H3. The third kappa shape index (κ3) is 2.39. The van der Waals surface area contributed by atoms with E-state index in [1.165, 1.54) is 18.4 Å². The fourth-order valence-corrected chi connectivity index (χ4v) is 2.57. The van der Waals surface area contributed by atoms with Gasteiger partial charge in [0.05, 0.1) is 14.2 Å². The summed E-state index contributed by atoms with van der Waals surface area (Å²) in [5, 5.41) is 3.47. The Morgan fingerprint density at radius 1 is 1.24 bits per heavy atom. The summed E-state index contributed by atoms with van der Waals surface area (Å²) in [6, 6.07) is 6.04. The van der Waals surface area contributed by atoms with E-state index in [2.05, 4.69) is 18.3 Å². The molecule has 1 fully saturated rings. The Labute approximate surface area is 103 Å². The Morgan fingerprint density at radius 3 is 2.65 bits per heavy atom. The molecule has 1 saturated heterocycles. The highest BCUT2D eigenvalue weighted by atomic mass is 16.5. The van der Waals surface area contributed by atoms with Crippen LogP contribution in [0.2, 0.25) is 0 Å². The zero-order valence-electron chi connectivity index (χ0n) is 10.9. The Bertz CT molecular complexity index is 384. The lowest BCUT2D eigenvalue weighted by Crippen LogP contribution is -2.41. The molecule has 0 aliphatic carbocycles. The van der Waals surface area contributed by atoms with Crippen molar-refractivity contribution in [3.05, 3.63) is 23.8 Å². The predicted octanol–water partition coefficient (Wildman–Crippen LogP) is 2.34. The van der Waals surface area contributed by atoms with Gasteiger partial charge in [-0.2, -0.15) is 0 Å². The lowest BCUT2D eigenvalue weighted by atomic mass is 9.76. The van der Waals surface area contributed by atoms with Crippen molar-refractivity contribution in [2.45, 2.75) is 25.2 Å². The molecule has 3 nitrogen and oxygen atoms in total. The van der Waals surface area contributed by atoms with Gasteiger partial charge in [-0.05, 0) is 37.6 Å². The van der Waals surface area contributed by atoms with E-state index in [1.807, 2.05) is 12.1 Å². The molecule has 0 aromatic heterocycles. The van der Waals surface area contributed by atoms with Crippen LogP contribution in [-0.2, 0) is 5.41 Å². The van der Waals surface area contributed by atoms with Crippen molar-refractivity contribution in [1.29, 1.82) is 0 Å². The Balaban J connectivity index is 2.40. The van der Waals surface area contributed by atoms with Crippen molar-refractivity contribution in [2.24, 2.45) is 0 Å². The van der Waals surface area contributed by atoms with Gasteiger partial charge in [0.15, 0.2) is 0 Å². The van der Waals surface area contributed by atoms with E-state index in [0.29, 0.717) is 0 Å². The van der Waals surface area contributed by atoms with Crippen LogP contribution in [0.25, 0.3) is 0 Å². The van der Waals surface area contributed by atoms with Gasteiger partial charge in [0.25, 0.3) is 0 Å². The normalized spacial score (nSPS) is 24.4. The molecular formula is C14H21NO2.